The molecule has 0 radical (unpaired) electrons. The molecule has 1 aliphatic heterocycles. The number of β-amino-alcohol motifs (C(OH)–C–C–N with tert-alkyl or cyclic N) is 1. The molecule has 7 nitrogen and oxygen atoms in total. The van der Waals surface area contributed by atoms with Crippen LogP contribution in [0.2, 0.25) is 0 Å². The van der Waals surface area contributed by atoms with Crippen molar-refractivity contribution in [3.63, 3.8) is 0 Å². The number of ether oxygens (including phenoxy) is 1. The Morgan fingerprint density at radius 2 is 2.06 bits per heavy atom. The molecule has 34 heavy (non-hydrogen) atoms. The van der Waals surface area contributed by atoms with Crippen molar-refractivity contribution in [1.82, 2.24) is 14.7 Å². The number of aromatic nitrogens is 2. The first-order chi connectivity index (χ1) is 16.1. The van der Waals surface area contributed by atoms with Gasteiger partial charge < -0.3 is 15.6 Å². The number of likely N-dealkylation sites (tertiary alicyclic amines) is 1. The summed E-state index contributed by atoms with van der Waals surface area (Å²) in [5, 5.41) is 13.9. The zero-order valence-electron chi connectivity index (χ0n) is 18.5. The molecule has 10 heteroatoms. The highest BCUT2D eigenvalue weighted by molar-refractivity contribution is 6.01. The number of hydrogen-bond donors (Lipinski definition) is 2. The molecule has 1 atom stereocenters. The number of aryl methyl sites for hydroxylation is 1. The third-order valence-corrected chi connectivity index (χ3v) is 5.91. The molecule has 1 aliphatic rings. The predicted molar refractivity (Wildman–Crippen MR) is 120 cm³/mol. The summed E-state index contributed by atoms with van der Waals surface area (Å²) in [5.41, 5.74) is 5.34. The third-order valence-electron chi connectivity index (χ3n) is 5.91. The van der Waals surface area contributed by atoms with Crippen molar-refractivity contribution < 1.29 is 27.8 Å². The summed E-state index contributed by atoms with van der Waals surface area (Å²) in [6.07, 6.45) is -2.72. The molecule has 3 N–H and O–H groups in total. The third kappa shape index (κ3) is 4.92. The first-order valence-electron chi connectivity index (χ1n) is 10.8. The van der Waals surface area contributed by atoms with Crippen LogP contribution >= 0.6 is 0 Å². The number of aliphatic hydroxyl groups is 1. The molecule has 1 fully saturated rings. The van der Waals surface area contributed by atoms with Crippen molar-refractivity contribution in [2.75, 3.05) is 26.2 Å². The van der Waals surface area contributed by atoms with Gasteiger partial charge in [0, 0.05) is 49.6 Å². The number of nitrogens with two attached hydrogens (primary N) is 1. The maximum Gasteiger partial charge on any atom is 0.417 e. The molecule has 0 aliphatic carbocycles. The van der Waals surface area contributed by atoms with Crippen molar-refractivity contribution >= 4 is 5.91 Å². The number of carbonyl (C=O) groups excluding carboxylic acids is 1. The number of amides is 1. The highest BCUT2D eigenvalue weighted by Gasteiger charge is 2.35. The Kier molecular flexibility index (Phi) is 6.63. The second-order valence-electron chi connectivity index (χ2n) is 8.23. The molecule has 2 aromatic carbocycles. The number of halogens is 3. The first-order valence-corrected chi connectivity index (χ1v) is 10.8. The Balaban J connectivity index is 1.75. The molecule has 0 saturated carbocycles. The van der Waals surface area contributed by atoms with Gasteiger partial charge in [-0.1, -0.05) is 12.1 Å². The molecule has 0 unspecified atom stereocenters. The minimum Gasteiger partial charge on any atom is -0.492 e. The first kappa shape index (κ1) is 23.8. The number of benzene rings is 2. The molecule has 1 amide bonds. The molecule has 180 valence electrons. The average Bonchev–Trinajstić information content (AvgIpc) is 3.40. The largest absolute Gasteiger partial charge is 0.492 e. The van der Waals surface area contributed by atoms with Crippen LogP contribution in [0.25, 0.3) is 22.4 Å². The monoisotopic (exact) mass is 474 g/mol. The summed E-state index contributed by atoms with van der Waals surface area (Å²) in [4.78, 5) is 14.1. The lowest BCUT2D eigenvalue weighted by atomic mass is 9.92. The normalized spacial score (nSPS) is 16.7. The zero-order valence-corrected chi connectivity index (χ0v) is 18.5. The van der Waals surface area contributed by atoms with E-state index in [2.05, 4.69) is 10.00 Å². The van der Waals surface area contributed by atoms with Crippen molar-refractivity contribution in [3.05, 3.63) is 59.8 Å². The molecule has 2 heterocycles. The highest BCUT2D eigenvalue weighted by atomic mass is 19.4. The maximum absolute atomic E-state index is 13.8. The topological polar surface area (TPSA) is 93.6 Å². The van der Waals surface area contributed by atoms with Gasteiger partial charge in [0.1, 0.15) is 12.4 Å². The number of aliphatic hydroxyl groups excluding tert-OH is 1. The van der Waals surface area contributed by atoms with E-state index in [0.29, 0.717) is 36.7 Å². The van der Waals surface area contributed by atoms with Gasteiger partial charge in [-0.3, -0.25) is 14.4 Å². The van der Waals surface area contributed by atoms with E-state index in [1.807, 2.05) is 0 Å². The van der Waals surface area contributed by atoms with E-state index in [0.717, 1.165) is 19.0 Å². The number of carbonyl (C=O) groups is 1. The van der Waals surface area contributed by atoms with Gasteiger partial charge in [0.2, 0.25) is 5.91 Å². The van der Waals surface area contributed by atoms with Crippen molar-refractivity contribution in [2.24, 2.45) is 12.8 Å². The summed E-state index contributed by atoms with van der Waals surface area (Å²) in [6.45, 7) is 2.30. The Morgan fingerprint density at radius 3 is 2.68 bits per heavy atom. The van der Waals surface area contributed by atoms with E-state index >= 15 is 0 Å². The van der Waals surface area contributed by atoms with Crippen LogP contribution in [0, 0.1) is 0 Å². The Morgan fingerprint density at radius 1 is 1.26 bits per heavy atom. The number of primary amides is 1. The fourth-order valence-corrected chi connectivity index (χ4v) is 4.25. The second kappa shape index (κ2) is 9.47. The van der Waals surface area contributed by atoms with E-state index < -0.39 is 17.6 Å². The van der Waals surface area contributed by atoms with Crippen molar-refractivity contribution in [2.45, 2.75) is 18.7 Å². The van der Waals surface area contributed by atoms with Gasteiger partial charge in [0.25, 0.3) is 0 Å². The lowest BCUT2D eigenvalue weighted by Crippen LogP contribution is -2.27. The lowest BCUT2D eigenvalue weighted by Gasteiger charge is -2.19. The Labute approximate surface area is 194 Å². The number of hydrogen-bond acceptors (Lipinski definition) is 5. The van der Waals surface area contributed by atoms with Crippen LogP contribution in [-0.4, -0.2) is 58.0 Å². The van der Waals surface area contributed by atoms with Crippen LogP contribution in [0.15, 0.2) is 48.7 Å². The molecular formula is C24H25F3N4O3. The molecule has 4 rings (SSSR count). The minimum atomic E-state index is -4.68. The summed E-state index contributed by atoms with van der Waals surface area (Å²) in [5.74, 6) is -0.478. The summed E-state index contributed by atoms with van der Waals surface area (Å²) in [6, 6.07) is 9.75. The van der Waals surface area contributed by atoms with Crippen LogP contribution < -0.4 is 10.5 Å². The van der Waals surface area contributed by atoms with E-state index in [-0.39, 0.29) is 22.8 Å². The number of alkyl halides is 3. The van der Waals surface area contributed by atoms with Crippen LogP contribution in [-0.2, 0) is 13.2 Å². The zero-order chi connectivity index (χ0) is 24.5. The fraction of sp³-hybridized carbons (Fsp3) is 0.333. The second-order valence-corrected chi connectivity index (χ2v) is 8.23. The molecule has 0 bridgehead atoms. The van der Waals surface area contributed by atoms with Gasteiger partial charge >= 0.3 is 6.18 Å². The highest BCUT2D eigenvalue weighted by Crippen LogP contribution is 2.41. The summed E-state index contributed by atoms with van der Waals surface area (Å²) in [7, 11) is 1.72. The standard InChI is InChI=1S/C24H25F3N4O3/c1-30-20(7-9-29-30)18-13-15(5-6-21(18)34-12-11-31-10-8-16(32)14-31)22-17(23(28)33)3-2-4-19(22)24(25,26)27/h2-7,9,13,16,32H,8,10-12,14H2,1H3,(H2,28,33)/t16-/m0/s1. The van der Waals surface area contributed by atoms with Crippen LogP contribution in [0.1, 0.15) is 22.3 Å². The summed E-state index contributed by atoms with van der Waals surface area (Å²) < 4.78 is 49.1. The fourth-order valence-electron chi connectivity index (χ4n) is 4.25. The SMILES string of the molecule is Cn1nccc1-c1cc(-c2c(C(N)=O)cccc2C(F)(F)F)ccc1OCCN1CC[C@H](O)C1. The molecule has 3 aromatic rings. The van der Waals surface area contributed by atoms with Crippen molar-refractivity contribution in [1.29, 1.82) is 0 Å². The quantitative estimate of drug-likeness (QED) is 0.548. The maximum atomic E-state index is 13.8. The molecule has 1 saturated heterocycles. The average molecular weight is 474 g/mol. The van der Waals surface area contributed by atoms with Gasteiger partial charge in [-0.25, -0.2) is 0 Å². The molecule has 1 aromatic heterocycles. The van der Waals surface area contributed by atoms with E-state index in [4.69, 9.17) is 10.5 Å². The lowest BCUT2D eigenvalue weighted by molar-refractivity contribution is -0.137. The van der Waals surface area contributed by atoms with Crippen LogP contribution in [0.5, 0.6) is 5.75 Å². The van der Waals surface area contributed by atoms with Crippen LogP contribution in [0.3, 0.4) is 0 Å². The van der Waals surface area contributed by atoms with Gasteiger partial charge in [-0.2, -0.15) is 18.3 Å². The van der Waals surface area contributed by atoms with Gasteiger partial charge in [-0.15, -0.1) is 0 Å². The number of nitrogens with zero attached hydrogens (tertiary/aromatic N) is 3. The van der Waals surface area contributed by atoms with E-state index in [9.17, 15) is 23.1 Å². The minimum absolute atomic E-state index is 0.188. The van der Waals surface area contributed by atoms with Crippen LogP contribution in [0.4, 0.5) is 13.2 Å². The number of rotatable bonds is 7. The van der Waals surface area contributed by atoms with Gasteiger partial charge in [-0.05, 0) is 42.3 Å². The smallest absolute Gasteiger partial charge is 0.417 e. The Hall–Kier alpha value is -3.37. The Bertz CT molecular complexity index is 1190. The van der Waals surface area contributed by atoms with E-state index in [1.54, 1.807) is 36.1 Å². The van der Waals surface area contributed by atoms with Gasteiger partial charge in [0.05, 0.1) is 17.4 Å². The predicted octanol–water partition coefficient (Wildman–Crippen LogP) is 3.32. The summed E-state index contributed by atoms with van der Waals surface area (Å²) >= 11 is 0. The molecule has 0 spiro atoms. The van der Waals surface area contributed by atoms with E-state index in [1.165, 1.54) is 18.2 Å². The van der Waals surface area contributed by atoms with Gasteiger partial charge in [0.15, 0.2) is 0 Å². The van der Waals surface area contributed by atoms with Crippen molar-refractivity contribution in [3.8, 4) is 28.1 Å². The molecular weight excluding hydrogens is 449 g/mol.